The maximum Gasteiger partial charge on any atom is 0.255 e. The summed E-state index contributed by atoms with van der Waals surface area (Å²) < 4.78 is 1.77. The Morgan fingerprint density at radius 3 is 2.50 bits per heavy atom. The van der Waals surface area contributed by atoms with Crippen LogP contribution >= 0.6 is 0 Å². The van der Waals surface area contributed by atoms with Crippen molar-refractivity contribution in [2.24, 2.45) is 0 Å². The highest BCUT2D eigenvalue weighted by Crippen LogP contribution is 2.27. The smallest absolute Gasteiger partial charge is 0.255 e. The molecule has 0 fully saturated rings. The lowest BCUT2D eigenvalue weighted by atomic mass is 9.97. The van der Waals surface area contributed by atoms with Crippen molar-refractivity contribution in [2.45, 2.75) is 39.5 Å². The molecule has 0 radical (unpaired) electrons. The average molecular weight is 397 g/mol. The van der Waals surface area contributed by atoms with Crippen LogP contribution in [0.3, 0.4) is 0 Å². The lowest BCUT2D eigenvalue weighted by Gasteiger charge is -2.12. The minimum atomic E-state index is 0.0138. The van der Waals surface area contributed by atoms with Crippen molar-refractivity contribution < 1.29 is 5.11 Å². The fourth-order valence-electron chi connectivity index (χ4n) is 3.68. The molecule has 0 amide bonds. The van der Waals surface area contributed by atoms with E-state index >= 15 is 0 Å². The zero-order valence-corrected chi connectivity index (χ0v) is 17.1. The van der Waals surface area contributed by atoms with Gasteiger partial charge in [0, 0.05) is 18.4 Å². The van der Waals surface area contributed by atoms with Gasteiger partial charge in [-0.05, 0) is 29.2 Å². The van der Waals surface area contributed by atoms with E-state index in [2.05, 4.69) is 28.1 Å². The predicted octanol–water partition coefficient (Wildman–Crippen LogP) is 4.47. The standard InChI is InChI=1S/C24H23N5O/c1-3-7-21-20(23(30)27-24-26-22(4-2)28-29(21)24)14-16-10-12-17(13-11-16)19-9-6-5-8-18(19)15-25/h5-6,8-13H,3-4,7,14H2,1-2H3,(H,26,27,28,30). The molecule has 2 heterocycles. The predicted molar refractivity (Wildman–Crippen MR) is 115 cm³/mol. The third-order valence-corrected chi connectivity index (χ3v) is 5.21. The number of aryl methyl sites for hydroxylation is 2. The maximum absolute atomic E-state index is 10.6. The number of fused-ring (bicyclic) bond motifs is 1. The fourth-order valence-corrected chi connectivity index (χ4v) is 3.68. The molecular weight excluding hydrogens is 374 g/mol. The Morgan fingerprint density at radius 2 is 1.80 bits per heavy atom. The first kappa shape index (κ1) is 19.6. The van der Waals surface area contributed by atoms with Gasteiger partial charge in [-0.25, -0.2) is 4.52 Å². The van der Waals surface area contributed by atoms with Crippen LogP contribution in [0.1, 0.15) is 48.5 Å². The molecule has 30 heavy (non-hydrogen) atoms. The summed E-state index contributed by atoms with van der Waals surface area (Å²) in [5, 5.41) is 24.5. The maximum atomic E-state index is 10.6. The largest absolute Gasteiger partial charge is 0.493 e. The van der Waals surface area contributed by atoms with Crippen molar-refractivity contribution >= 4 is 5.78 Å². The molecule has 0 saturated heterocycles. The van der Waals surface area contributed by atoms with Gasteiger partial charge in [-0.2, -0.15) is 15.2 Å². The zero-order chi connectivity index (χ0) is 21.1. The van der Waals surface area contributed by atoms with Crippen LogP contribution in [-0.4, -0.2) is 24.7 Å². The molecule has 2 aromatic heterocycles. The van der Waals surface area contributed by atoms with E-state index in [1.54, 1.807) is 4.52 Å². The van der Waals surface area contributed by atoms with Crippen LogP contribution < -0.4 is 0 Å². The summed E-state index contributed by atoms with van der Waals surface area (Å²) in [5.74, 6) is 1.18. The fraction of sp³-hybridized carbons (Fsp3) is 0.250. The summed E-state index contributed by atoms with van der Waals surface area (Å²) in [6, 6.07) is 17.9. The van der Waals surface area contributed by atoms with E-state index in [4.69, 9.17) is 0 Å². The number of nitrogens with zero attached hydrogens (tertiary/aromatic N) is 5. The molecule has 0 saturated carbocycles. The highest BCUT2D eigenvalue weighted by atomic mass is 16.3. The van der Waals surface area contributed by atoms with Gasteiger partial charge in [-0.15, -0.1) is 5.10 Å². The van der Waals surface area contributed by atoms with Crippen molar-refractivity contribution in [1.82, 2.24) is 19.6 Å². The first-order chi connectivity index (χ1) is 14.6. The van der Waals surface area contributed by atoms with Crippen molar-refractivity contribution in [3.8, 4) is 23.1 Å². The van der Waals surface area contributed by atoms with Gasteiger partial charge in [0.25, 0.3) is 5.78 Å². The first-order valence-electron chi connectivity index (χ1n) is 10.2. The Kier molecular flexibility index (Phi) is 5.44. The van der Waals surface area contributed by atoms with Crippen LogP contribution in [0.4, 0.5) is 0 Å². The molecule has 0 aliphatic rings. The Labute approximate surface area is 175 Å². The van der Waals surface area contributed by atoms with E-state index in [0.29, 0.717) is 17.8 Å². The van der Waals surface area contributed by atoms with E-state index in [1.165, 1.54) is 0 Å². The summed E-state index contributed by atoms with van der Waals surface area (Å²) in [6.07, 6.45) is 2.97. The molecule has 4 aromatic rings. The second-order valence-corrected chi connectivity index (χ2v) is 7.24. The highest BCUT2D eigenvalue weighted by Gasteiger charge is 2.18. The number of nitriles is 1. The van der Waals surface area contributed by atoms with Crippen molar-refractivity contribution in [3.05, 3.63) is 76.7 Å². The van der Waals surface area contributed by atoms with Crippen LogP contribution in [-0.2, 0) is 19.3 Å². The summed E-state index contributed by atoms with van der Waals surface area (Å²) in [5.41, 5.74) is 5.34. The molecular formula is C24H23N5O. The Bertz CT molecular complexity index is 1240. The number of aromatic hydroxyl groups is 1. The molecule has 0 bridgehead atoms. The monoisotopic (exact) mass is 397 g/mol. The number of benzene rings is 2. The molecule has 6 nitrogen and oxygen atoms in total. The highest BCUT2D eigenvalue weighted by molar-refractivity contribution is 5.70. The molecule has 2 aromatic carbocycles. The minimum absolute atomic E-state index is 0.0138. The molecule has 0 atom stereocenters. The van der Waals surface area contributed by atoms with Crippen molar-refractivity contribution in [2.75, 3.05) is 0 Å². The molecule has 1 N–H and O–H groups in total. The van der Waals surface area contributed by atoms with Crippen LogP contribution in [0.15, 0.2) is 48.5 Å². The average Bonchev–Trinajstić information content (AvgIpc) is 3.19. The normalized spacial score (nSPS) is 11.0. The second kappa shape index (κ2) is 8.34. The number of aromatic nitrogens is 4. The SMILES string of the molecule is CCCc1c(Cc2ccc(-c3ccccc3C#N)cc2)c(O)nc2nc(CC)nn12. The molecule has 0 aliphatic carbocycles. The van der Waals surface area contributed by atoms with Gasteiger partial charge in [-0.1, -0.05) is 62.7 Å². The van der Waals surface area contributed by atoms with Crippen LogP contribution in [0.5, 0.6) is 5.88 Å². The molecule has 4 rings (SSSR count). The van der Waals surface area contributed by atoms with Crippen LogP contribution in [0.25, 0.3) is 16.9 Å². The number of rotatable bonds is 6. The Hall–Kier alpha value is -3.72. The van der Waals surface area contributed by atoms with Crippen molar-refractivity contribution in [3.63, 3.8) is 0 Å². The summed E-state index contributed by atoms with van der Waals surface area (Å²) in [6.45, 7) is 4.10. The van der Waals surface area contributed by atoms with Gasteiger partial charge in [0.2, 0.25) is 5.88 Å². The molecule has 6 heteroatoms. The van der Waals surface area contributed by atoms with Crippen LogP contribution in [0, 0.1) is 11.3 Å². The summed E-state index contributed by atoms with van der Waals surface area (Å²) in [4.78, 5) is 8.68. The lowest BCUT2D eigenvalue weighted by Crippen LogP contribution is -2.07. The molecule has 150 valence electrons. The quantitative estimate of drug-likeness (QED) is 0.518. The zero-order valence-electron chi connectivity index (χ0n) is 17.1. The summed E-state index contributed by atoms with van der Waals surface area (Å²) >= 11 is 0. The van der Waals surface area contributed by atoms with Crippen molar-refractivity contribution in [1.29, 1.82) is 5.26 Å². The van der Waals surface area contributed by atoms with Gasteiger partial charge >= 0.3 is 0 Å². The van der Waals surface area contributed by atoms with Gasteiger partial charge in [0.15, 0.2) is 5.82 Å². The molecule has 0 unspecified atom stereocenters. The van der Waals surface area contributed by atoms with Gasteiger partial charge < -0.3 is 5.11 Å². The van der Waals surface area contributed by atoms with E-state index in [9.17, 15) is 10.4 Å². The first-order valence-corrected chi connectivity index (χ1v) is 10.2. The van der Waals surface area contributed by atoms with E-state index in [-0.39, 0.29) is 5.88 Å². The van der Waals surface area contributed by atoms with E-state index in [0.717, 1.165) is 53.0 Å². The van der Waals surface area contributed by atoms with Crippen LogP contribution in [0.2, 0.25) is 0 Å². The number of hydrogen-bond acceptors (Lipinski definition) is 5. The van der Waals surface area contributed by atoms with Gasteiger partial charge in [0.05, 0.1) is 17.3 Å². The Morgan fingerprint density at radius 1 is 1.03 bits per heavy atom. The molecule has 0 spiro atoms. The second-order valence-electron chi connectivity index (χ2n) is 7.24. The van der Waals surface area contributed by atoms with E-state index in [1.807, 2.05) is 55.5 Å². The third-order valence-electron chi connectivity index (χ3n) is 5.21. The topological polar surface area (TPSA) is 87.1 Å². The third kappa shape index (κ3) is 3.62. The number of hydrogen-bond donors (Lipinski definition) is 1. The Balaban J connectivity index is 1.71. The summed E-state index contributed by atoms with van der Waals surface area (Å²) in [7, 11) is 0. The molecule has 0 aliphatic heterocycles. The minimum Gasteiger partial charge on any atom is -0.493 e. The van der Waals surface area contributed by atoms with E-state index < -0.39 is 0 Å². The van der Waals surface area contributed by atoms with Gasteiger partial charge in [0.1, 0.15) is 0 Å². The lowest BCUT2D eigenvalue weighted by molar-refractivity contribution is 0.444. The van der Waals surface area contributed by atoms with Gasteiger partial charge in [-0.3, -0.25) is 0 Å².